The Balaban J connectivity index is 1.46. The summed E-state index contributed by atoms with van der Waals surface area (Å²) < 4.78 is 13.2. The molecule has 2 amide bonds. The quantitative estimate of drug-likeness (QED) is 0.879. The second kappa shape index (κ2) is 7.95. The number of benzene rings is 1. The molecule has 1 saturated heterocycles. The number of likely N-dealkylation sites (tertiary alicyclic amines) is 1. The van der Waals surface area contributed by atoms with Gasteiger partial charge in [-0.2, -0.15) is 0 Å². The summed E-state index contributed by atoms with van der Waals surface area (Å²) in [5.41, 5.74) is 6.52. The van der Waals surface area contributed by atoms with Crippen LogP contribution in [0.4, 0.5) is 10.1 Å². The van der Waals surface area contributed by atoms with Crippen LogP contribution in [0.1, 0.15) is 38.5 Å². The maximum absolute atomic E-state index is 13.2. The van der Waals surface area contributed by atoms with E-state index >= 15 is 0 Å². The molecule has 25 heavy (non-hydrogen) atoms. The summed E-state index contributed by atoms with van der Waals surface area (Å²) >= 11 is 0. The van der Waals surface area contributed by atoms with Crippen molar-refractivity contribution >= 4 is 17.5 Å². The van der Waals surface area contributed by atoms with Gasteiger partial charge in [-0.15, -0.1) is 0 Å². The van der Waals surface area contributed by atoms with Gasteiger partial charge in [0.25, 0.3) is 0 Å². The van der Waals surface area contributed by atoms with Gasteiger partial charge >= 0.3 is 0 Å². The smallest absolute Gasteiger partial charge is 0.227 e. The number of nitrogens with one attached hydrogen (secondary N) is 1. The standard InChI is InChI=1S/C19H26FN3O2/c20-15-4-2-5-16(12-15)22-19(25)13-7-9-23(10-8-13)18(24)11-14-3-1-6-17(14)21/h2,4-5,12-14,17H,1,3,6-11,21H2,(H,22,25)/t14-,17+/m0/s1. The highest BCUT2D eigenvalue weighted by atomic mass is 19.1. The highest BCUT2D eigenvalue weighted by molar-refractivity contribution is 5.92. The van der Waals surface area contributed by atoms with Gasteiger partial charge in [0.2, 0.25) is 11.8 Å². The van der Waals surface area contributed by atoms with Crippen LogP contribution in [0.3, 0.4) is 0 Å². The lowest BCUT2D eigenvalue weighted by molar-refractivity contribution is -0.135. The third-order valence-corrected chi connectivity index (χ3v) is 5.47. The molecule has 0 spiro atoms. The van der Waals surface area contributed by atoms with E-state index in [0.717, 1.165) is 19.3 Å². The minimum absolute atomic E-state index is 0.101. The molecular weight excluding hydrogens is 321 g/mol. The number of hydrogen-bond acceptors (Lipinski definition) is 3. The van der Waals surface area contributed by atoms with Crippen molar-refractivity contribution in [2.45, 2.75) is 44.6 Å². The van der Waals surface area contributed by atoms with Gasteiger partial charge < -0.3 is 16.0 Å². The lowest BCUT2D eigenvalue weighted by Gasteiger charge is -2.32. The van der Waals surface area contributed by atoms with Crippen LogP contribution in [0.2, 0.25) is 0 Å². The van der Waals surface area contributed by atoms with Crippen LogP contribution in [-0.4, -0.2) is 35.8 Å². The number of carbonyl (C=O) groups is 2. The van der Waals surface area contributed by atoms with Crippen molar-refractivity contribution in [1.29, 1.82) is 0 Å². The monoisotopic (exact) mass is 347 g/mol. The number of nitrogens with two attached hydrogens (primary N) is 1. The van der Waals surface area contributed by atoms with E-state index in [1.807, 2.05) is 4.90 Å². The van der Waals surface area contributed by atoms with Crippen LogP contribution in [0, 0.1) is 17.7 Å². The molecular formula is C19H26FN3O2. The lowest BCUT2D eigenvalue weighted by Crippen LogP contribution is -2.42. The first-order chi connectivity index (χ1) is 12.0. The number of piperidine rings is 1. The molecule has 2 aliphatic rings. The number of nitrogens with zero attached hydrogens (tertiary/aromatic N) is 1. The van der Waals surface area contributed by atoms with E-state index in [2.05, 4.69) is 5.32 Å². The number of anilines is 1. The highest BCUT2D eigenvalue weighted by Crippen LogP contribution is 2.28. The van der Waals surface area contributed by atoms with Crippen molar-refractivity contribution in [2.24, 2.45) is 17.6 Å². The summed E-state index contributed by atoms with van der Waals surface area (Å²) in [5.74, 6) is -0.146. The summed E-state index contributed by atoms with van der Waals surface area (Å²) in [7, 11) is 0. The zero-order valence-electron chi connectivity index (χ0n) is 14.4. The predicted octanol–water partition coefficient (Wildman–Crippen LogP) is 2.52. The molecule has 3 rings (SSSR count). The molecule has 1 aliphatic carbocycles. The van der Waals surface area contributed by atoms with E-state index in [1.54, 1.807) is 12.1 Å². The Kier molecular flexibility index (Phi) is 5.68. The van der Waals surface area contributed by atoms with E-state index in [4.69, 9.17) is 5.73 Å². The molecule has 136 valence electrons. The average Bonchev–Trinajstić information content (AvgIpc) is 3.00. The van der Waals surface area contributed by atoms with Gasteiger partial charge in [-0.25, -0.2) is 4.39 Å². The van der Waals surface area contributed by atoms with E-state index in [9.17, 15) is 14.0 Å². The fourth-order valence-corrected chi connectivity index (χ4v) is 3.87. The normalized spacial score (nSPS) is 24.3. The first kappa shape index (κ1) is 17.9. The fourth-order valence-electron chi connectivity index (χ4n) is 3.87. The third-order valence-electron chi connectivity index (χ3n) is 5.47. The van der Waals surface area contributed by atoms with Gasteiger partial charge in [-0.3, -0.25) is 9.59 Å². The maximum Gasteiger partial charge on any atom is 0.227 e. The predicted molar refractivity (Wildman–Crippen MR) is 94.3 cm³/mol. The molecule has 1 aromatic rings. The molecule has 1 aromatic carbocycles. The number of amides is 2. The molecule has 1 heterocycles. The van der Waals surface area contributed by atoms with Crippen molar-refractivity contribution in [1.82, 2.24) is 4.90 Å². The number of carbonyl (C=O) groups excluding carboxylic acids is 2. The zero-order chi connectivity index (χ0) is 17.8. The molecule has 2 atom stereocenters. The molecule has 0 aromatic heterocycles. The van der Waals surface area contributed by atoms with Gasteiger partial charge in [-0.1, -0.05) is 12.5 Å². The number of hydrogen-bond donors (Lipinski definition) is 2. The SMILES string of the molecule is N[C@@H]1CCC[C@H]1CC(=O)N1CCC(C(=O)Nc2cccc(F)c2)CC1. The van der Waals surface area contributed by atoms with Gasteiger partial charge in [0, 0.05) is 37.2 Å². The van der Waals surface area contributed by atoms with E-state index in [0.29, 0.717) is 44.0 Å². The first-order valence-corrected chi connectivity index (χ1v) is 9.12. The van der Waals surface area contributed by atoms with Crippen molar-refractivity contribution in [3.05, 3.63) is 30.1 Å². The topological polar surface area (TPSA) is 75.4 Å². The number of halogens is 1. The fraction of sp³-hybridized carbons (Fsp3) is 0.579. The largest absolute Gasteiger partial charge is 0.343 e. The maximum atomic E-state index is 13.2. The van der Waals surface area contributed by atoms with Crippen LogP contribution in [-0.2, 0) is 9.59 Å². The summed E-state index contributed by atoms with van der Waals surface area (Å²) in [6.45, 7) is 1.20. The Bertz CT molecular complexity index is 629. The van der Waals surface area contributed by atoms with E-state index < -0.39 is 0 Å². The third kappa shape index (κ3) is 4.57. The molecule has 1 aliphatic heterocycles. The zero-order valence-corrected chi connectivity index (χ0v) is 14.4. The number of rotatable bonds is 4. The lowest BCUT2D eigenvalue weighted by atomic mass is 9.94. The van der Waals surface area contributed by atoms with Crippen LogP contribution in [0.15, 0.2) is 24.3 Å². The highest BCUT2D eigenvalue weighted by Gasteiger charge is 2.31. The van der Waals surface area contributed by atoms with Crippen molar-refractivity contribution in [3.63, 3.8) is 0 Å². The van der Waals surface area contributed by atoms with Crippen molar-refractivity contribution in [3.8, 4) is 0 Å². The van der Waals surface area contributed by atoms with Crippen molar-refractivity contribution in [2.75, 3.05) is 18.4 Å². The molecule has 3 N–H and O–H groups in total. The van der Waals surface area contributed by atoms with Gasteiger partial charge in [0.1, 0.15) is 5.82 Å². The Morgan fingerprint density at radius 1 is 1.20 bits per heavy atom. The Morgan fingerprint density at radius 2 is 1.96 bits per heavy atom. The molecule has 2 fully saturated rings. The molecule has 0 bridgehead atoms. The Hall–Kier alpha value is -1.95. The Labute approximate surface area is 147 Å². The summed E-state index contributed by atoms with van der Waals surface area (Å²) in [4.78, 5) is 26.6. The molecule has 1 saturated carbocycles. The molecule has 5 nitrogen and oxygen atoms in total. The molecule has 0 radical (unpaired) electrons. The Morgan fingerprint density at radius 3 is 2.60 bits per heavy atom. The summed E-state index contributed by atoms with van der Waals surface area (Å²) in [6.07, 6.45) is 4.98. The van der Waals surface area contributed by atoms with Crippen LogP contribution in [0.5, 0.6) is 0 Å². The molecule has 6 heteroatoms. The van der Waals surface area contributed by atoms with Crippen LogP contribution in [0.25, 0.3) is 0 Å². The van der Waals surface area contributed by atoms with Crippen molar-refractivity contribution < 1.29 is 14.0 Å². The van der Waals surface area contributed by atoms with Crippen LogP contribution < -0.4 is 11.1 Å². The van der Waals surface area contributed by atoms with E-state index in [1.165, 1.54) is 12.1 Å². The van der Waals surface area contributed by atoms with Gasteiger partial charge in [-0.05, 0) is 49.8 Å². The van der Waals surface area contributed by atoms with Gasteiger partial charge in [0.05, 0.1) is 0 Å². The minimum atomic E-state index is -0.372. The summed E-state index contributed by atoms with van der Waals surface area (Å²) in [5, 5.41) is 2.76. The summed E-state index contributed by atoms with van der Waals surface area (Å²) in [6, 6.07) is 6.04. The van der Waals surface area contributed by atoms with E-state index in [-0.39, 0.29) is 29.6 Å². The first-order valence-electron chi connectivity index (χ1n) is 9.12. The second-order valence-electron chi connectivity index (χ2n) is 7.21. The average molecular weight is 347 g/mol. The van der Waals surface area contributed by atoms with Gasteiger partial charge in [0.15, 0.2) is 0 Å². The van der Waals surface area contributed by atoms with Crippen LogP contribution >= 0.6 is 0 Å². The minimum Gasteiger partial charge on any atom is -0.343 e. The second-order valence-corrected chi connectivity index (χ2v) is 7.21. The molecule has 0 unspecified atom stereocenters.